The topological polar surface area (TPSA) is 32.6 Å². The van der Waals surface area contributed by atoms with Crippen LogP contribution in [0.1, 0.15) is 32.3 Å². The van der Waals surface area contributed by atoms with Crippen molar-refractivity contribution >= 4 is 11.3 Å². The molecule has 1 N–H and O–H groups in total. The molecule has 0 aromatic heterocycles. The van der Waals surface area contributed by atoms with Crippen LogP contribution in [0, 0.1) is 5.41 Å². The summed E-state index contributed by atoms with van der Waals surface area (Å²) in [6.45, 7) is 8.25. The molecule has 1 aromatic carbocycles. The second kappa shape index (κ2) is 4.81. The monoisotopic (exact) mass is 241 g/mol. The van der Waals surface area contributed by atoms with Crippen molar-refractivity contribution in [2.45, 2.75) is 26.7 Å². The Morgan fingerprint density at radius 2 is 1.89 bits per heavy atom. The normalized spacial score (nSPS) is 21.1. The number of nitrogens with zero attached hydrogens (tertiary/aromatic N) is 1. The fraction of sp³-hybridized carbons (Fsp3) is 0.312. The molecule has 2 heteroatoms. The molecule has 0 saturated carbocycles. The third-order valence-corrected chi connectivity index (χ3v) is 3.38. The lowest BCUT2D eigenvalue weighted by Gasteiger charge is -2.33. The van der Waals surface area contributed by atoms with Crippen LogP contribution in [0.4, 0.5) is 0 Å². The lowest BCUT2D eigenvalue weighted by atomic mass is 9.71. The van der Waals surface area contributed by atoms with Crippen molar-refractivity contribution in [3.05, 3.63) is 54.1 Å². The van der Waals surface area contributed by atoms with Crippen molar-refractivity contribution in [1.82, 2.24) is 0 Å². The molecule has 1 aromatic rings. The van der Waals surface area contributed by atoms with Gasteiger partial charge >= 0.3 is 0 Å². The molecule has 0 bridgehead atoms. The van der Waals surface area contributed by atoms with Crippen molar-refractivity contribution in [2.24, 2.45) is 10.6 Å². The number of oxime groups is 1. The van der Waals surface area contributed by atoms with Crippen LogP contribution in [0.25, 0.3) is 5.57 Å². The van der Waals surface area contributed by atoms with Crippen LogP contribution in [0.5, 0.6) is 0 Å². The standard InChI is InChI=1S/C16H19NO/c1-4-13-14(12-8-6-5-7-9-12)10-16(2,3)11-15(13)17-18/h4-9,18H,1,10-11H2,2-3H3/b17-15+. The predicted octanol–water partition coefficient (Wildman–Crippen LogP) is 4.28. The van der Waals surface area contributed by atoms with Crippen LogP contribution in [0.15, 0.2) is 53.7 Å². The molecule has 0 fully saturated rings. The van der Waals surface area contributed by atoms with Crippen LogP contribution >= 0.6 is 0 Å². The molecule has 1 aliphatic carbocycles. The number of rotatable bonds is 2. The molecule has 0 spiro atoms. The van der Waals surface area contributed by atoms with Crippen molar-refractivity contribution in [1.29, 1.82) is 0 Å². The van der Waals surface area contributed by atoms with Crippen LogP contribution in [0.2, 0.25) is 0 Å². The quantitative estimate of drug-likeness (QED) is 0.608. The van der Waals surface area contributed by atoms with Gasteiger partial charge in [-0.2, -0.15) is 0 Å². The summed E-state index contributed by atoms with van der Waals surface area (Å²) < 4.78 is 0. The van der Waals surface area contributed by atoms with Gasteiger partial charge in [-0.3, -0.25) is 0 Å². The largest absolute Gasteiger partial charge is 0.411 e. The zero-order valence-corrected chi connectivity index (χ0v) is 11.0. The minimum atomic E-state index is 0.110. The molecule has 2 rings (SSSR count). The highest BCUT2D eigenvalue weighted by Gasteiger charge is 2.31. The van der Waals surface area contributed by atoms with Crippen LogP contribution in [-0.2, 0) is 0 Å². The van der Waals surface area contributed by atoms with E-state index in [1.54, 1.807) is 6.08 Å². The van der Waals surface area contributed by atoms with E-state index in [4.69, 9.17) is 0 Å². The predicted molar refractivity (Wildman–Crippen MR) is 75.8 cm³/mol. The Hall–Kier alpha value is -1.83. The summed E-state index contributed by atoms with van der Waals surface area (Å²) in [7, 11) is 0. The van der Waals surface area contributed by atoms with Gasteiger partial charge in [0.2, 0.25) is 0 Å². The summed E-state index contributed by atoms with van der Waals surface area (Å²) in [6.07, 6.45) is 3.55. The molecular formula is C16H19NO. The Balaban J connectivity index is 2.59. The van der Waals surface area contributed by atoms with Crippen molar-refractivity contribution < 1.29 is 5.21 Å². The molecule has 0 radical (unpaired) electrons. The molecule has 94 valence electrons. The third kappa shape index (κ3) is 2.37. The summed E-state index contributed by atoms with van der Waals surface area (Å²) in [5, 5.41) is 12.7. The van der Waals surface area contributed by atoms with Gasteiger partial charge in [0.15, 0.2) is 0 Å². The van der Waals surface area contributed by atoms with Gasteiger partial charge in [0.1, 0.15) is 0 Å². The number of hydrogen-bond donors (Lipinski definition) is 1. The van der Waals surface area contributed by atoms with Crippen LogP contribution in [0.3, 0.4) is 0 Å². The SMILES string of the molecule is C=CC1=C(c2ccccc2)CC(C)(C)C/C1=N\O. The summed E-state index contributed by atoms with van der Waals surface area (Å²) >= 11 is 0. The maximum atomic E-state index is 9.20. The van der Waals surface area contributed by atoms with E-state index >= 15 is 0 Å². The fourth-order valence-corrected chi connectivity index (χ4v) is 2.59. The van der Waals surface area contributed by atoms with E-state index in [-0.39, 0.29) is 5.41 Å². The molecular weight excluding hydrogens is 222 g/mol. The van der Waals surface area contributed by atoms with Gasteiger partial charge in [-0.05, 0) is 29.4 Å². The minimum absolute atomic E-state index is 0.110. The number of allylic oxidation sites excluding steroid dienone is 3. The molecule has 0 saturated heterocycles. The van der Waals surface area contributed by atoms with Gasteiger partial charge < -0.3 is 5.21 Å². The highest BCUT2D eigenvalue weighted by Crippen LogP contribution is 2.41. The van der Waals surface area contributed by atoms with E-state index in [0.717, 1.165) is 24.1 Å². The average Bonchev–Trinajstić information content (AvgIpc) is 2.38. The van der Waals surface area contributed by atoms with E-state index < -0.39 is 0 Å². The Kier molecular flexibility index (Phi) is 3.37. The summed E-state index contributed by atoms with van der Waals surface area (Å²) in [5.74, 6) is 0. The van der Waals surface area contributed by atoms with Crippen molar-refractivity contribution in [3.8, 4) is 0 Å². The van der Waals surface area contributed by atoms with Gasteiger partial charge in [-0.25, -0.2) is 0 Å². The second-order valence-electron chi connectivity index (χ2n) is 5.53. The highest BCUT2D eigenvalue weighted by atomic mass is 16.4. The second-order valence-corrected chi connectivity index (χ2v) is 5.53. The maximum Gasteiger partial charge on any atom is 0.0876 e. The number of hydrogen-bond acceptors (Lipinski definition) is 2. The Labute approximate surface area is 108 Å². The van der Waals surface area contributed by atoms with E-state index in [0.29, 0.717) is 0 Å². The van der Waals surface area contributed by atoms with Gasteiger partial charge in [0.25, 0.3) is 0 Å². The highest BCUT2D eigenvalue weighted by molar-refractivity contribution is 6.10. The molecule has 0 unspecified atom stereocenters. The smallest absolute Gasteiger partial charge is 0.0876 e. The summed E-state index contributed by atoms with van der Waals surface area (Å²) in [6, 6.07) is 10.2. The van der Waals surface area contributed by atoms with Gasteiger partial charge in [-0.15, -0.1) is 0 Å². The van der Waals surface area contributed by atoms with Crippen LogP contribution < -0.4 is 0 Å². The molecule has 0 aliphatic heterocycles. The Bertz CT molecular complexity index is 509. The van der Waals surface area contributed by atoms with E-state index in [2.05, 4.69) is 37.7 Å². The fourth-order valence-electron chi connectivity index (χ4n) is 2.59. The first-order valence-corrected chi connectivity index (χ1v) is 6.20. The van der Waals surface area contributed by atoms with E-state index in [1.165, 1.54) is 11.1 Å². The van der Waals surface area contributed by atoms with Gasteiger partial charge in [0.05, 0.1) is 5.71 Å². The van der Waals surface area contributed by atoms with Gasteiger partial charge in [-0.1, -0.05) is 62.0 Å². The molecule has 0 atom stereocenters. The lowest BCUT2D eigenvalue weighted by Crippen LogP contribution is -2.24. The summed E-state index contributed by atoms with van der Waals surface area (Å²) in [4.78, 5) is 0. The first kappa shape index (κ1) is 12.6. The Morgan fingerprint density at radius 3 is 2.44 bits per heavy atom. The number of benzene rings is 1. The molecule has 2 nitrogen and oxygen atoms in total. The van der Waals surface area contributed by atoms with Crippen molar-refractivity contribution in [3.63, 3.8) is 0 Å². The first-order valence-electron chi connectivity index (χ1n) is 6.20. The first-order chi connectivity index (χ1) is 8.57. The zero-order chi connectivity index (χ0) is 13.2. The van der Waals surface area contributed by atoms with E-state index in [1.807, 2.05) is 18.2 Å². The molecule has 1 aliphatic rings. The molecule has 0 heterocycles. The van der Waals surface area contributed by atoms with Gasteiger partial charge in [0, 0.05) is 5.57 Å². The lowest BCUT2D eigenvalue weighted by molar-refractivity contribution is 0.309. The maximum absolute atomic E-state index is 9.20. The molecule has 0 amide bonds. The van der Waals surface area contributed by atoms with Crippen LogP contribution in [-0.4, -0.2) is 10.9 Å². The van der Waals surface area contributed by atoms with E-state index in [9.17, 15) is 5.21 Å². The Morgan fingerprint density at radius 1 is 1.22 bits per heavy atom. The zero-order valence-electron chi connectivity index (χ0n) is 11.0. The summed E-state index contributed by atoms with van der Waals surface area (Å²) in [5.41, 5.74) is 4.22. The third-order valence-electron chi connectivity index (χ3n) is 3.38. The minimum Gasteiger partial charge on any atom is -0.411 e. The average molecular weight is 241 g/mol. The molecule has 18 heavy (non-hydrogen) atoms. The van der Waals surface area contributed by atoms with Crippen molar-refractivity contribution in [2.75, 3.05) is 0 Å².